The molecule has 0 radical (unpaired) electrons. The second kappa shape index (κ2) is 18.9. The lowest BCUT2D eigenvalue weighted by atomic mass is 10.1. The maximum Gasteiger partial charge on any atom is 0.306 e. The molecule has 0 aliphatic carbocycles. The maximum atomic E-state index is 11.5. The molecule has 0 rings (SSSR count). The molecule has 5 nitrogen and oxygen atoms in total. The van der Waals surface area contributed by atoms with E-state index in [1.54, 1.807) is 0 Å². The minimum Gasteiger partial charge on any atom is -0.457 e. The van der Waals surface area contributed by atoms with Crippen molar-refractivity contribution in [1.29, 1.82) is 0 Å². The first-order chi connectivity index (χ1) is 12.6. The van der Waals surface area contributed by atoms with Crippen LogP contribution in [0.15, 0.2) is 12.2 Å². The molecule has 0 amide bonds. The van der Waals surface area contributed by atoms with Crippen molar-refractivity contribution in [3.05, 3.63) is 12.2 Å². The fraction of sp³-hybridized carbons (Fsp3) is 0.857. The second-order valence-corrected chi connectivity index (χ2v) is 6.99. The third-order valence-corrected chi connectivity index (χ3v) is 4.42. The van der Waals surface area contributed by atoms with Gasteiger partial charge in [0, 0.05) is 6.42 Å². The van der Waals surface area contributed by atoms with Gasteiger partial charge in [0.05, 0.1) is 19.3 Å². The average molecular weight is 373 g/mol. The Labute approximate surface area is 159 Å². The van der Waals surface area contributed by atoms with E-state index >= 15 is 0 Å². The third kappa shape index (κ3) is 16.6. The Bertz CT molecular complexity index is 339. The van der Waals surface area contributed by atoms with Gasteiger partial charge in [0.1, 0.15) is 6.10 Å². The minimum atomic E-state index is -0.788. The van der Waals surface area contributed by atoms with Crippen molar-refractivity contribution in [2.45, 2.75) is 103 Å². The highest BCUT2D eigenvalue weighted by molar-refractivity contribution is 5.69. The van der Waals surface area contributed by atoms with Gasteiger partial charge in [0.15, 0.2) is 0 Å². The monoisotopic (exact) mass is 372 g/mol. The van der Waals surface area contributed by atoms with Gasteiger partial charge in [-0.05, 0) is 32.1 Å². The predicted molar refractivity (Wildman–Crippen MR) is 105 cm³/mol. The van der Waals surface area contributed by atoms with E-state index in [4.69, 9.17) is 14.9 Å². The Hall–Kier alpha value is -0.910. The first kappa shape index (κ1) is 25.1. The standard InChI is InChI=1S/C21H40O5/c1-2-3-4-11-14-19(24)15-12-9-7-5-6-8-10-13-16-21(25)26-20(17-22)18-23/h9,12,19-20,22-24H,2-8,10-11,13-18H2,1H3/b12-9-. The molecule has 0 aromatic rings. The van der Waals surface area contributed by atoms with Crippen LogP contribution in [0.1, 0.15) is 90.4 Å². The SMILES string of the molecule is CCCCCCC(O)C/C=C\CCCCCCCC(=O)OC(CO)CO. The van der Waals surface area contributed by atoms with E-state index in [9.17, 15) is 9.90 Å². The number of unbranched alkanes of at least 4 members (excludes halogenated alkanes) is 8. The van der Waals surface area contributed by atoms with Crippen molar-refractivity contribution in [3.63, 3.8) is 0 Å². The zero-order valence-electron chi connectivity index (χ0n) is 16.6. The van der Waals surface area contributed by atoms with E-state index in [-0.39, 0.29) is 25.3 Å². The fourth-order valence-corrected chi connectivity index (χ4v) is 2.73. The predicted octanol–water partition coefficient (Wildman–Crippen LogP) is 3.89. The summed E-state index contributed by atoms with van der Waals surface area (Å²) in [6.45, 7) is 1.51. The lowest BCUT2D eigenvalue weighted by Gasteiger charge is -2.12. The van der Waals surface area contributed by atoms with Crippen molar-refractivity contribution in [2.75, 3.05) is 13.2 Å². The van der Waals surface area contributed by atoms with Gasteiger partial charge >= 0.3 is 5.97 Å². The van der Waals surface area contributed by atoms with Crippen molar-refractivity contribution < 1.29 is 24.9 Å². The summed E-state index contributed by atoms with van der Waals surface area (Å²) in [7, 11) is 0. The van der Waals surface area contributed by atoms with Crippen LogP contribution in [0.2, 0.25) is 0 Å². The number of esters is 1. The molecule has 26 heavy (non-hydrogen) atoms. The molecule has 154 valence electrons. The highest BCUT2D eigenvalue weighted by atomic mass is 16.6. The number of aliphatic hydroxyl groups is 3. The van der Waals surface area contributed by atoms with E-state index in [0.717, 1.165) is 57.8 Å². The lowest BCUT2D eigenvalue weighted by molar-refractivity contribution is -0.153. The van der Waals surface area contributed by atoms with E-state index in [0.29, 0.717) is 6.42 Å². The molecule has 0 aromatic carbocycles. The Morgan fingerprint density at radius 2 is 1.58 bits per heavy atom. The maximum absolute atomic E-state index is 11.5. The first-order valence-electron chi connectivity index (χ1n) is 10.4. The van der Waals surface area contributed by atoms with E-state index in [1.165, 1.54) is 19.3 Å². The Morgan fingerprint density at radius 1 is 0.923 bits per heavy atom. The van der Waals surface area contributed by atoms with Crippen LogP contribution >= 0.6 is 0 Å². The minimum absolute atomic E-state index is 0.195. The number of ether oxygens (including phenoxy) is 1. The molecule has 0 fully saturated rings. The van der Waals surface area contributed by atoms with Gasteiger partial charge in [-0.25, -0.2) is 0 Å². The van der Waals surface area contributed by atoms with Gasteiger partial charge in [0.2, 0.25) is 0 Å². The summed E-state index contributed by atoms with van der Waals surface area (Å²) >= 11 is 0. The number of hydrogen-bond donors (Lipinski definition) is 3. The molecule has 0 aliphatic heterocycles. The smallest absolute Gasteiger partial charge is 0.306 e. The molecule has 0 saturated heterocycles. The molecule has 0 aliphatic rings. The van der Waals surface area contributed by atoms with E-state index < -0.39 is 6.10 Å². The van der Waals surface area contributed by atoms with Crippen LogP contribution in [0.3, 0.4) is 0 Å². The lowest BCUT2D eigenvalue weighted by Crippen LogP contribution is -2.25. The average Bonchev–Trinajstić information content (AvgIpc) is 2.64. The van der Waals surface area contributed by atoms with Gasteiger partial charge in [0.25, 0.3) is 0 Å². The molecular formula is C21H40O5. The summed E-state index contributed by atoms with van der Waals surface area (Å²) in [6, 6.07) is 0. The summed E-state index contributed by atoms with van der Waals surface area (Å²) in [5, 5.41) is 27.5. The molecule has 0 aromatic heterocycles. The number of hydrogen-bond acceptors (Lipinski definition) is 5. The van der Waals surface area contributed by atoms with Gasteiger partial charge in [-0.3, -0.25) is 4.79 Å². The van der Waals surface area contributed by atoms with Crippen LogP contribution in [0, 0.1) is 0 Å². The highest BCUT2D eigenvalue weighted by Crippen LogP contribution is 2.11. The zero-order valence-corrected chi connectivity index (χ0v) is 16.6. The fourth-order valence-electron chi connectivity index (χ4n) is 2.73. The summed E-state index contributed by atoms with van der Waals surface area (Å²) in [5.41, 5.74) is 0. The molecule has 1 unspecified atom stereocenters. The van der Waals surface area contributed by atoms with E-state index in [1.807, 2.05) is 0 Å². The van der Waals surface area contributed by atoms with Crippen molar-refractivity contribution in [1.82, 2.24) is 0 Å². The summed E-state index contributed by atoms with van der Waals surface area (Å²) in [6.07, 6.45) is 16.3. The number of carbonyl (C=O) groups excluding carboxylic acids is 1. The van der Waals surface area contributed by atoms with Crippen LogP contribution in [0.4, 0.5) is 0 Å². The van der Waals surface area contributed by atoms with Crippen molar-refractivity contribution in [2.24, 2.45) is 0 Å². The third-order valence-electron chi connectivity index (χ3n) is 4.42. The van der Waals surface area contributed by atoms with Crippen molar-refractivity contribution >= 4 is 5.97 Å². The Balaban J connectivity index is 3.41. The molecular weight excluding hydrogens is 332 g/mol. The number of allylic oxidation sites excluding steroid dienone is 1. The van der Waals surface area contributed by atoms with Gasteiger partial charge in [-0.1, -0.05) is 64.0 Å². The van der Waals surface area contributed by atoms with Gasteiger partial charge in [-0.2, -0.15) is 0 Å². The zero-order chi connectivity index (χ0) is 19.5. The number of rotatable bonds is 18. The summed E-state index contributed by atoms with van der Waals surface area (Å²) in [5.74, 6) is -0.353. The van der Waals surface area contributed by atoms with Crippen molar-refractivity contribution in [3.8, 4) is 0 Å². The van der Waals surface area contributed by atoms with Crippen LogP contribution in [-0.4, -0.2) is 46.7 Å². The molecule has 0 bridgehead atoms. The van der Waals surface area contributed by atoms with Gasteiger partial charge in [-0.15, -0.1) is 0 Å². The van der Waals surface area contributed by atoms with Gasteiger partial charge < -0.3 is 20.1 Å². The molecule has 0 heterocycles. The molecule has 3 N–H and O–H groups in total. The Kier molecular flexibility index (Phi) is 18.2. The second-order valence-electron chi connectivity index (χ2n) is 6.99. The van der Waals surface area contributed by atoms with Crippen LogP contribution in [0.25, 0.3) is 0 Å². The molecule has 0 spiro atoms. The summed E-state index contributed by atoms with van der Waals surface area (Å²) in [4.78, 5) is 11.5. The van der Waals surface area contributed by atoms with E-state index in [2.05, 4.69) is 19.1 Å². The largest absolute Gasteiger partial charge is 0.457 e. The highest BCUT2D eigenvalue weighted by Gasteiger charge is 2.11. The topological polar surface area (TPSA) is 87.0 Å². The summed E-state index contributed by atoms with van der Waals surface area (Å²) < 4.78 is 4.91. The number of carbonyl (C=O) groups is 1. The van der Waals surface area contributed by atoms with Crippen LogP contribution < -0.4 is 0 Å². The first-order valence-corrected chi connectivity index (χ1v) is 10.4. The van der Waals surface area contributed by atoms with Crippen LogP contribution in [-0.2, 0) is 9.53 Å². The quantitative estimate of drug-likeness (QED) is 0.193. The molecule has 1 atom stereocenters. The molecule has 5 heteroatoms. The molecule has 0 saturated carbocycles. The Morgan fingerprint density at radius 3 is 2.27 bits per heavy atom. The van der Waals surface area contributed by atoms with Crippen LogP contribution in [0.5, 0.6) is 0 Å². The number of aliphatic hydroxyl groups excluding tert-OH is 3. The normalized spacial score (nSPS) is 12.8.